The predicted octanol–water partition coefficient (Wildman–Crippen LogP) is 3.56. The lowest BCUT2D eigenvalue weighted by Gasteiger charge is -2.44. The van der Waals surface area contributed by atoms with Gasteiger partial charge in [0.25, 0.3) is 0 Å². The van der Waals surface area contributed by atoms with Crippen molar-refractivity contribution in [3.63, 3.8) is 0 Å². The number of nitrogens with zero attached hydrogens (tertiary/aromatic N) is 5. The van der Waals surface area contributed by atoms with Crippen molar-refractivity contribution in [1.29, 1.82) is 0 Å². The second kappa shape index (κ2) is 11.9. The fraction of sp³-hybridized carbons (Fsp3) is 0.516. The number of aliphatic imine (C=N–C) groups is 1. The van der Waals surface area contributed by atoms with Crippen LogP contribution in [-0.2, 0) is 14.3 Å². The molecule has 2 amide bonds. The fourth-order valence-electron chi connectivity index (χ4n) is 7.08. The minimum absolute atomic E-state index is 0.0368. The van der Waals surface area contributed by atoms with E-state index in [1.165, 1.54) is 17.4 Å². The number of thiazole rings is 1. The molecule has 11 nitrogen and oxygen atoms in total. The minimum Gasteiger partial charge on any atom is -0.481 e. The Hall–Kier alpha value is -3.84. The number of piperazine rings is 1. The van der Waals surface area contributed by atoms with Crippen LogP contribution in [0.25, 0.3) is 0 Å². The molecule has 2 unspecified atom stereocenters. The first-order chi connectivity index (χ1) is 21.1. The van der Waals surface area contributed by atoms with E-state index in [0.717, 1.165) is 0 Å². The van der Waals surface area contributed by atoms with Gasteiger partial charge in [0.1, 0.15) is 11.9 Å². The van der Waals surface area contributed by atoms with Crippen LogP contribution in [0.15, 0.2) is 46.0 Å². The summed E-state index contributed by atoms with van der Waals surface area (Å²) in [7, 11) is 0. The summed E-state index contributed by atoms with van der Waals surface area (Å²) in [6.45, 7) is 8.16. The predicted molar refractivity (Wildman–Crippen MR) is 162 cm³/mol. The van der Waals surface area contributed by atoms with Gasteiger partial charge in [0.2, 0.25) is 0 Å². The van der Waals surface area contributed by atoms with Crippen LogP contribution in [0.3, 0.4) is 0 Å². The molecule has 44 heavy (non-hydrogen) atoms. The molecule has 2 N–H and O–H groups in total. The van der Waals surface area contributed by atoms with E-state index in [0.29, 0.717) is 85.2 Å². The number of fused-ring (bicyclic) bond motifs is 1. The van der Waals surface area contributed by atoms with Crippen molar-refractivity contribution in [2.75, 3.05) is 39.3 Å². The normalized spacial score (nSPS) is 27.3. The average Bonchev–Trinajstić information content (AvgIpc) is 3.74. The van der Waals surface area contributed by atoms with Gasteiger partial charge in [-0.2, -0.15) is 0 Å². The Bertz CT molecular complexity index is 1530. The number of carbonyl (C=O) groups excluding carboxylic acids is 2. The third kappa shape index (κ3) is 5.47. The maximum atomic E-state index is 14.8. The highest BCUT2D eigenvalue weighted by molar-refractivity contribution is 7.11. The number of rotatable bonds is 8. The SMILES string of the molecule is CCOC(=O)C1=C(CN2CCN3C(=O)N(C4CCC(C(=O)O)C4)C[C@]3(C)C2)NC(c2nccs2)=N[C@H]1c1cccc(F)c1C. The molecule has 3 fully saturated rings. The fourth-order valence-corrected chi connectivity index (χ4v) is 7.67. The van der Waals surface area contributed by atoms with Crippen molar-refractivity contribution in [3.05, 3.63) is 63.0 Å². The Kier molecular flexibility index (Phi) is 8.18. The molecule has 1 saturated carbocycles. The summed E-state index contributed by atoms with van der Waals surface area (Å²) < 4.78 is 20.3. The third-order valence-corrected chi connectivity index (χ3v) is 10.1. The molecular formula is C31H37FN6O5S. The summed E-state index contributed by atoms with van der Waals surface area (Å²) in [6, 6.07) is 3.87. The summed E-state index contributed by atoms with van der Waals surface area (Å²) in [5.74, 6) is -1.62. The van der Waals surface area contributed by atoms with Crippen LogP contribution in [0.1, 0.15) is 55.3 Å². The number of benzene rings is 1. The highest BCUT2D eigenvalue weighted by atomic mass is 32.1. The number of esters is 1. The van der Waals surface area contributed by atoms with E-state index in [9.17, 15) is 23.9 Å². The molecule has 1 aliphatic carbocycles. The van der Waals surface area contributed by atoms with Crippen LogP contribution in [0, 0.1) is 18.7 Å². The molecule has 0 radical (unpaired) electrons. The molecule has 4 atom stereocenters. The van der Waals surface area contributed by atoms with Crippen molar-refractivity contribution in [2.24, 2.45) is 10.9 Å². The molecule has 13 heteroatoms. The van der Waals surface area contributed by atoms with Crippen molar-refractivity contribution < 1.29 is 28.6 Å². The first-order valence-corrected chi connectivity index (χ1v) is 15.9. The van der Waals surface area contributed by atoms with Gasteiger partial charge in [0, 0.05) is 56.0 Å². The number of ether oxygens (including phenoxy) is 1. The Labute approximate surface area is 259 Å². The molecule has 1 aromatic carbocycles. The lowest BCUT2D eigenvalue weighted by Crippen LogP contribution is -2.60. The number of carboxylic acids is 1. The van der Waals surface area contributed by atoms with E-state index in [4.69, 9.17) is 9.73 Å². The summed E-state index contributed by atoms with van der Waals surface area (Å²) in [5, 5.41) is 15.4. The monoisotopic (exact) mass is 624 g/mol. The van der Waals surface area contributed by atoms with Gasteiger partial charge in [-0.25, -0.2) is 19.0 Å². The van der Waals surface area contributed by atoms with Gasteiger partial charge in [-0.3, -0.25) is 14.7 Å². The molecule has 4 heterocycles. The molecule has 2 saturated heterocycles. The lowest BCUT2D eigenvalue weighted by molar-refractivity contribution is -0.141. The van der Waals surface area contributed by atoms with Gasteiger partial charge in [0.05, 0.1) is 23.6 Å². The summed E-state index contributed by atoms with van der Waals surface area (Å²) >= 11 is 1.41. The Morgan fingerprint density at radius 3 is 2.77 bits per heavy atom. The molecule has 0 bridgehead atoms. The van der Waals surface area contributed by atoms with Gasteiger partial charge in [-0.1, -0.05) is 12.1 Å². The van der Waals surface area contributed by atoms with Gasteiger partial charge in [-0.15, -0.1) is 11.3 Å². The van der Waals surface area contributed by atoms with Crippen molar-refractivity contribution in [1.82, 2.24) is 25.0 Å². The standard InChI is InChI=1S/C31H37FN6O5S/c1-4-43-29(41)24-23(34-26(27-33-10-13-44-27)35-25(24)21-6-5-7-22(32)18(21)2)15-36-11-12-38-30(42)37(17-31(38,3)16-36)20-9-8-19(14-20)28(39)40/h5-7,10,13,19-20,25H,4,8-9,11-12,14-17H2,1-3H3,(H,34,35)(H,39,40)/t19?,20?,25-,31-/m0/s1. The van der Waals surface area contributed by atoms with Crippen molar-refractivity contribution in [2.45, 2.75) is 57.7 Å². The van der Waals surface area contributed by atoms with E-state index in [1.54, 1.807) is 32.2 Å². The quantitative estimate of drug-likeness (QED) is 0.427. The maximum Gasteiger partial charge on any atom is 0.338 e. The Balaban J connectivity index is 1.31. The molecule has 2 aromatic rings. The van der Waals surface area contributed by atoms with Crippen molar-refractivity contribution in [3.8, 4) is 0 Å². The third-order valence-electron chi connectivity index (χ3n) is 9.28. The van der Waals surface area contributed by atoms with Crippen LogP contribution < -0.4 is 5.32 Å². The number of hydrogen-bond acceptors (Lipinski definition) is 9. The van der Waals surface area contributed by atoms with E-state index in [-0.39, 0.29) is 24.5 Å². The van der Waals surface area contributed by atoms with Crippen LogP contribution in [0.5, 0.6) is 0 Å². The van der Waals surface area contributed by atoms with Gasteiger partial charge in [0.15, 0.2) is 10.8 Å². The number of aliphatic carboxylic acids is 1. The number of nitrogens with one attached hydrogen (secondary N) is 1. The zero-order chi connectivity index (χ0) is 31.2. The number of hydrogen-bond donors (Lipinski definition) is 2. The second-order valence-electron chi connectivity index (χ2n) is 12.2. The highest BCUT2D eigenvalue weighted by Gasteiger charge is 2.52. The van der Waals surface area contributed by atoms with Crippen LogP contribution in [0.2, 0.25) is 0 Å². The van der Waals surface area contributed by atoms with E-state index >= 15 is 0 Å². The van der Waals surface area contributed by atoms with E-state index < -0.39 is 29.4 Å². The largest absolute Gasteiger partial charge is 0.481 e. The topological polar surface area (TPSA) is 128 Å². The molecule has 0 spiro atoms. The highest BCUT2D eigenvalue weighted by Crippen LogP contribution is 2.39. The number of carboxylic acid groups (broad SMARTS) is 1. The van der Waals surface area contributed by atoms with Crippen LogP contribution >= 0.6 is 11.3 Å². The van der Waals surface area contributed by atoms with Gasteiger partial charge in [-0.05, 0) is 57.2 Å². The van der Waals surface area contributed by atoms with Crippen LogP contribution in [0.4, 0.5) is 9.18 Å². The number of carbonyl (C=O) groups is 3. The zero-order valence-electron chi connectivity index (χ0n) is 25.1. The van der Waals surface area contributed by atoms with Gasteiger partial charge >= 0.3 is 18.0 Å². The first-order valence-electron chi connectivity index (χ1n) is 15.0. The number of aromatic nitrogens is 1. The summed E-state index contributed by atoms with van der Waals surface area (Å²) in [4.78, 5) is 53.9. The lowest BCUT2D eigenvalue weighted by atomic mass is 9.91. The van der Waals surface area contributed by atoms with Crippen LogP contribution in [-0.4, -0.2) is 99.5 Å². The summed E-state index contributed by atoms with van der Waals surface area (Å²) in [6.07, 6.45) is 3.44. The first kappa shape index (κ1) is 30.2. The smallest absolute Gasteiger partial charge is 0.338 e. The van der Waals surface area contributed by atoms with E-state index in [1.807, 2.05) is 15.2 Å². The molecule has 4 aliphatic rings. The average molecular weight is 625 g/mol. The number of halogens is 1. The molecule has 3 aliphatic heterocycles. The Morgan fingerprint density at radius 2 is 2.07 bits per heavy atom. The molecule has 234 valence electrons. The van der Waals surface area contributed by atoms with Gasteiger partial charge < -0.3 is 25.0 Å². The second-order valence-corrected chi connectivity index (χ2v) is 13.1. The molecular weight excluding hydrogens is 587 g/mol. The number of urea groups is 1. The zero-order valence-corrected chi connectivity index (χ0v) is 25.9. The summed E-state index contributed by atoms with van der Waals surface area (Å²) in [5.41, 5.74) is 1.43. The number of amidine groups is 1. The maximum absolute atomic E-state index is 14.8. The molecule has 1 aromatic heterocycles. The Morgan fingerprint density at radius 1 is 1.25 bits per heavy atom. The van der Waals surface area contributed by atoms with E-state index in [2.05, 4.69) is 22.1 Å². The molecule has 6 rings (SSSR count). The number of amides is 2. The minimum atomic E-state index is -0.801. The van der Waals surface area contributed by atoms with Crippen molar-refractivity contribution >= 4 is 35.1 Å².